The third kappa shape index (κ3) is 4.24. The number of carbonyl (C=O) groups is 1. The number of ether oxygens (including phenoxy) is 2. The number of methoxy groups -OCH3 is 2. The lowest BCUT2D eigenvalue weighted by Crippen LogP contribution is -2.42. The van der Waals surface area contributed by atoms with Gasteiger partial charge in [-0.1, -0.05) is 26.0 Å². The van der Waals surface area contributed by atoms with E-state index in [9.17, 15) is 4.79 Å². The van der Waals surface area contributed by atoms with Crippen LogP contribution in [0.3, 0.4) is 0 Å². The highest BCUT2D eigenvalue weighted by Crippen LogP contribution is 2.23. The molecule has 1 rings (SSSR count). The Kier molecular flexibility index (Phi) is 5.83. The first-order chi connectivity index (χ1) is 8.99. The van der Waals surface area contributed by atoms with Crippen LogP contribution in [0.25, 0.3) is 0 Å². The minimum absolute atomic E-state index is 0.0413. The van der Waals surface area contributed by atoms with Crippen molar-refractivity contribution in [2.45, 2.75) is 26.3 Å². The summed E-state index contributed by atoms with van der Waals surface area (Å²) in [5.41, 5.74) is 7.09. The summed E-state index contributed by atoms with van der Waals surface area (Å²) in [7, 11) is 3.00. The molecule has 2 atom stereocenters. The van der Waals surface area contributed by atoms with Gasteiger partial charge in [-0.15, -0.1) is 0 Å². The minimum Gasteiger partial charge on any atom is -0.497 e. The SMILES string of the molecule is COC(=O)C(N)C(Cc1cccc(OC)c1)C(C)C. The van der Waals surface area contributed by atoms with E-state index in [1.54, 1.807) is 7.11 Å². The molecule has 0 heterocycles. The van der Waals surface area contributed by atoms with Crippen LogP contribution in [0, 0.1) is 11.8 Å². The third-order valence-electron chi connectivity index (χ3n) is 3.40. The maximum atomic E-state index is 11.6. The fourth-order valence-electron chi connectivity index (χ4n) is 2.16. The molecule has 0 aliphatic heterocycles. The fraction of sp³-hybridized carbons (Fsp3) is 0.533. The van der Waals surface area contributed by atoms with Gasteiger partial charge >= 0.3 is 5.97 Å². The summed E-state index contributed by atoms with van der Waals surface area (Å²) in [4.78, 5) is 11.6. The summed E-state index contributed by atoms with van der Waals surface area (Å²) in [6, 6.07) is 7.22. The lowest BCUT2D eigenvalue weighted by molar-refractivity contribution is -0.144. The molecule has 2 unspecified atom stereocenters. The van der Waals surface area contributed by atoms with Crippen LogP contribution >= 0.6 is 0 Å². The third-order valence-corrected chi connectivity index (χ3v) is 3.40. The van der Waals surface area contributed by atoms with Gasteiger partial charge in [0.25, 0.3) is 0 Å². The van der Waals surface area contributed by atoms with Crippen LogP contribution in [0.2, 0.25) is 0 Å². The maximum Gasteiger partial charge on any atom is 0.322 e. The highest BCUT2D eigenvalue weighted by Gasteiger charge is 2.28. The highest BCUT2D eigenvalue weighted by molar-refractivity contribution is 5.75. The van der Waals surface area contributed by atoms with Gasteiger partial charge in [0.1, 0.15) is 11.8 Å². The molecule has 0 aliphatic rings. The molecule has 2 N–H and O–H groups in total. The summed E-state index contributed by atoms with van der Waals surface area (Å²) < 4.78 is 9.94. The van der Waals surface area contributed by atoms with E-state index in [-0.39, 0.29) is 11.9 Å². The minimum atomic E-state index is -0.601. The monoisotopic (exact) mass is 265 g/mol. The topological polar surface area (TPSA) is 61.5 Å². The van der Waals surface area contributed by atoms with E-state index in [4.69, 9.17) is 15.2 Å². The van der Waals surface area contributed by atoms with Crippen molar-refractivity contribution in [2.75, 3.05) is 14.2 Å². The zero-order valence-corrected chi connectivity index (χ0v) is 12.1. The molecule has 0 spiro atoms. The molecule has 106 valence electrons. The summed E-state index contributed by atoms with van der Waals surface area (Å²) >= 11 is 0. The first-order valence-corrected chi connectivity index (χ1v) is 6.46. The van der Waals surface area contributed by atoms with Gasteiger partial charge in [0.05, 0.1) is 14.2 Å². The summed E-state index contributed by atoms with van der Waals surface area (Å²) in [5.74, 6) is 0.785. The van der Waals surface area contributed by atoms with Crippen molar-refractivity contribution in [3.05, 3.63) is 29.8 Å². The predicted molar refractivity (Wildman–Crippen MR) is 75.0 cm³/mol. The van der Waals surface area contributed by atoms with E-state index in [1.807, 2.05) is 24.3 Å². The van der Waals surface area contributed by atoms with Crippen LogP contribution in [0.1, 0.15) is 19.4 Å². The Bertz CT molecular complexity index is 418. The van der Waals surface area contributed by atoms with Crippen molar-refractivity contribution < 1.29 is 14.3 Å². The second kappa shape index (κ2) is 7.14. The Morgan fingerprint density at radius 1 is 1.32 bits per heavy atom. The molecular weight excluding hydrogens is 242 g/mol. The first kappa shape index (κ1) is 15.5. The molecule has 1 aromatic carbocycles. The van der Waals surface area contributed by atoms with E-state index in [1.165, 1.54) is 7.11 Å². The molecular formula is C15H23NO3. The largest absolute Gasteiger partial charge is 0.497 e. The number of benzene rings is 1. The summed E-state index contributed by atoms with van der Waals surface area (Å²) in [5, 5.41) is 0. The molecule has 0 saturated heterocycles. The smallest absolute Gasteiger partial charge is 0.322 e. The van der Waals surface area contributed by atoms with E-state index in [0.29, 0.717) is 5.92 Å². The molecule has 0 amide bonds. The second-order valence-electron chi connectivity index (χ2n) is 5.01. The lowest BCUT2D eigenvalue weighted by Gasteiger charge is -2.25. The Morgan fingerprint density at radius 3 is 2.53 bits per heavy atom. The van der Waals surface area contributed by atoms with Crippen molar-refractivity contribution in [3.8, 4) is 5.75 Å². The van der Waals surface area contributed by atoms with Crippen molar-refractivity contribution in [1.82, 2.24) is 0 Å². The maximum absolute atomic E-state index is 11.6. The van der Waals surface area contributed by atoms with Gasteiger partial charge in [-0.25, -0.2) is 0 Å². The molecule has 4 nitrogen and oxygen atoms in total. The number of carbonyl (C=O) groups excluding carboxylic acids is 1. The van der Waals surface area contributed by atoms with Gasteiger partial charge in [0, 0.05) is 0 Å². The molecule has 0 radical (unpaired) electrons. The Hall–Kier alpha value is -1.55. The van der Waals surface area contributed by atoms with Crippen LogP contribution in [0.5, 0.6) is 5.75 Å². The van der Waals surface area contributed by atoms with Crippen LogP contribution in [-0.4, -0.2) is 26.2 Å². The van der Waals surface area contributed by atoms with Gasteiger partial charge in [0.15, 0.2) is 0 Å². The van der Waals surface area contributed by atoms with Gasteiger partial charge < -0.3 is 15.2 Å². The van der Waals surface area contributed by atoms with Gasteiger partial charge in [-0.2, -0.15) is 0 Å². The molecule has 0 bridgehead atoms. The van der Waals surface area contributed by atoms with Gasteiger partial charge in [-0.3, -0.25) is 4.79 Å². The zero-order valence-electron chi connectivity index (χ0n) is 12.1. The highest BCUT2D eigenvalue weighted by atomic mass is 16.5. The summed E-state index contributed by atoms with van der Waals surface area (Å²) in [6.07, 6.45) is 0.727. The van der Waals surface area contributed by atoms with Crippen LogP contribution in [-0.2, 0) is 16.0 Å². The number of rotatable bonds is 6. The van der Waals surface area contributed by atoms with Crippen LogP contribution in [0.4, 0.5) is 0 Å². The summed E-state index contributed by atoms with van der Waals surface area (Å²) in [6.45, 7) is 4.13. The van der Waals surface area contributed by atoms with Gasteiger partial charge in [-0.05, 0) is 36.0 Å². The Morgan fingerprint density at radius 2 is 2.00 bits per heavy atom. The van der Waals surface area contributed by atoms with Crippen molar-refractivity contribution >= 4 is 5.97 Å². The number of hydrogen-bond donors (Lipinski definition) is 1. The van der Waals surface area contributed by atoms with Crippen molar-refractivity contribution in [1.29, 1.82) is 0 Å². The van der Waals surface area contributed by atoms with E-state index >= 15 is 0 Å². The zero-order chi connectivity index (χ0) is 14.4. The van der Waals surface area contributed by atoms with E-state index < -0.39 is 6.04 Å². The quantitative estimate of drug-likeness (QED) is 0.799. The van der Waals surface area contributed by atoms with E-state index in [0.717, 1.165) is 17.7 Å². The molecule has 4 heteroatoms. The van der Waals surface area contributed by atoms with Crippen LogP contribution < -0.4 is 10.5 Å². The average Bonchev–Trinajstić information content (AvgIpc) is 2.43. The molecule has 1 aromatic rings. The molecule has 0 saturated carbocycles. The molecule has 19 heavy (non-hydrogen) atoms. The first-order valence-electron chi connectivity index (χ1n) is 6.46. The molecule has 0 aromatic heterocycles. The number of hydrogen-bond acceptors (Lipinski definition) is 4. The molecule has 0 fully saturated rings. The van der Waals surface area contributed by atoms with Gasteiger partial charge in [0.2, 0.25) is 0 Å². The van der Waals surface area contributed by atoms with Crippen molar-refractivity contribution in [2.24, 2.45) is 17.6 Å². The fourth-order valence-corrected chi connectivity index (χ4v) is 2.16. The number of esters is 1. The predicted octanol–water partition coefficient (Wildman–Crippen LogP) is 2.01. The van der Waals surface area contributed by atoms with Crippen LogP contribution in [0.15, 0.2) is 24.3 Å². The second-order valence-corrected chi connectivity index (χ2v) is 5.01. The average molecular weight is 265 g/mol. The van der Waals surface area contributed by atoms with Crippen molar-refractivity contribution in [3.63, 3.8) is 0 Å². The standard InChI is InChI=1S/C15H23NO3/c1-10(2)13(14(16)15(17)19-4)9-11-6-5-7-12(8-11)18-3/h5-8,10,13-14H,9,16H2,1-4H3. The normalized spacial score (nSPS) is 14.0. The number of nitrogens with two attached hydrogens (primary N) is 1. The lowest BCUT2D eigenvalue weighted by atomic mass is 9.83. The Labute approximate surface area is 114 Å². The van der Waals surface area contributed by atoms with E-state index in [2.05, 4.69) is 13.8 Å². The Balaban J connectivity index is 2.86. The molecule has 0 aliphatic carbocycles.